The Bertz CT molecular complexity index is 435. The number of fused-ring (bicyclic) bond motifs is 1. The van der Waals surface area contributed by atoms with Crippen LogP contribution < -0.4 is 10.6 Å². The smallest absolute Gasteiger partial charge is 0.184 e. The summed E-state index contributed by atoms with van der Waals surface area (Å²) in [5.41, 5.74) is 6.37. The molecule has 2 atom stereocenters. The van der Waals surface area contributed by atoms with E-state index in [1.165, 1.54) is 25.3 Å². The van der Waals surface area contributed by atoms with E-state index in [1.54, 1.807) is 0 Å². The maximum absolute atomic E-state index is 13.8. The molecule has 2 unspecified atom stereocenters. The Kier molecular flexibility index (Phi) is 2.45. The van der Waals surface area contributed by atoms with Gasteiger partial charge >= 0.3 is 0 Å². The number of hydrogen-bond donors (Lipinski definition) is 1. The summed E-state index contributed by atoms with van der Waals surface area (Å²) in [6, 6.07) is 2.53. The number of benzene rings is 1. The fourth-order valence-corrected chi connectivity index (χ4v) is 3.29. The molecular weight excluding hydrogens is 222 g/mol. The first-order valence-corrected chi connectivity index (χ1v) is 6.15. The number of nitrogens with two attached hydrogens (primary N) is 1. The molecule has 1 aromatic rings. The highest BCUT2D eigenvalue weighted by atomic mass is 19.2. The second-order valence-electron chi connectivity index (χ2n) is 5.16. The van der Waals surface area contributed by atoms with Crippen LogP contribution in [-0.2, 0) is 0 Å². The molecule has 0 amide bonds. The molecule has 1 aliphatic heterocycles. The fraction of sp³-hybridized carbons (Fsp3) is 0.538. The van der Waals surface area contributed by atoms with Crippen molar-refractivity contribution in [1.29, 1.82) is 0 Å². The highest BCUT2D eigenvalue weighted by molar-refractivity contribution is 5.69. The Labute approximate surface area is 99.4 Å². The van der Waals surface area contributed by atoms with Gasteiger partial charge in [0, 0.05) is 13.1 Å². The normalized spacial score (nSPS) is 27.5. The molecular formula is C13H16F2N2. The van der Waals surface area contributed by atoms with Crippen LogP contribution in [0.3, 0.4) is 0 Å². The Morgan fingerprint density at radius 1 is 1.12 bits per heavy atom. The lowest BCUT2D eigenvalue weighted by molar-refractivity contribution is 0.494. The minimum atomic E-state index is -0.814. The van der Waals surface area contributed by atoms with Crippen molar-refractivity contribution < 1.29 is 8.78 Å². The van der Waals surface area contributed by atoms with E-state index in [0.717, 1.165) is 19.2 Å². The van der Waals surface area contributed by atoms with E-state index in [1.807, 2.05) is 4.90 Å². The van der Waals surface area contributed by atoms with Crippen molar-refractivity contribution in [3.63, 3.8) is 0 Å². The molecule has 1 heterocycles. The summed E-state index contributed by atoms with van der Waals surface area (Å²) in [5, 5.41) is 0. The lowest BCUT2D eigenvalue weighted by Crippen LogP contribution is -2.23. The van der Waals surface area contributed by atoms with Crippen LogP contribution in [-0.4, -0.2) is 13.1 Å². The largest absolute Gasteiger partial charge is 0.397 e. The zero-order valence-electron chi connectivity index (χ0n) is 9.63. The Balaban J connectivity index is 1.93. The van der Waals surface area contributed by atoms with Crippen LogP contribution >= 0.6 is 0 Å². The van der Waals surface area contributed by atoms with Crippen molar-refractivity contribution in [3.05, 3.63) is 23.8 Å². The van der Waals surface area contributed by atoms with Gasteiger partial charge in [0.05, 0.1) is 11.4 Å². The third-order valence-corrected chi connectivity index (χ3v) is 4.14. The van der Waals surface area contributed by atoms with Crippen LogP contribution in [0.4, 0.5) is 20.2 Å². The predicted octanol–water partition coefficient (Wildman–Crippen LogP) is 2.78. The average Bonchev–Trinajstić information content (AvgIpc) is 2.84. The van der Waals surface area contributed by atoms with E-state index >= 15 is 0 Å². The number of rotatable bonds is 1. The van der Waals surface area contributed by atoms with E-state index in [4.69, 9.17) is 5.73 Å². The average molecular weight is 238 g/mol. The summed E-state index contributed by atoms with van der Waals surface area (Å²) in [5.74, 6) is -0.342. The maximum atomic E-state index is 13.8. The summed E-state index contributed by atoms with van der Waals surface area (Å²) in [6.45, 7) is 1.63. The van der Waals surface area contributed by atoms with Gasteiger partial charge in [-0.15, -0.1) is 0 Å². The number of nitrogen functional groups attached to an aromatic ring is 1. The van der Waals surface area contributed by atoms with Gasteiger partial charge in [-0.3, -0.25) is 0 Å². The van der Waals surface area contributed by atoms with Crippen molar-refractivity contribution in [3.8, 4) is 0 Å². The van der Waals surface area contributed by atoms with Crippen LogP contribution in [0, 0.1) is 23.5 Å². The topological polar surface area (TPSA) is 29.3 Å². The number of anilines is 2. The Morgan fingerprint density at radius 2 is 1.76 bits per heavy atom. The van der Waals surface area contributed by atoms with E-state index < -0.39 is 11.6 Å². The molecule has 1 saturated heterocycles. The van der Waals surface area contributed by atoms with Crippen molar-refractivity contribution in [1.82, 2.24) is 0 Å². The number of hydrogen-bond acceptors (Lipinski definition) is 2. The Hall–Kier alpha value is -1.32. The molecule has 0 aromatic heterocycles. The van der Waals surface area contributed by atoms with Gasteiger partial charge in [0.15, 0.2) is 11.6 Å². The second-order valence-corrected chi connectivity index (χ2v) is 5.16. The highest BCUT2D eigenvalue weighted by Gasteiger charge is 2.37. The zero-order valence-corrected chi connectivity index (χ0v) is 9.63. The summed E-state index contributed by atoms with van der Waals surface area (Å²) >= 11 is 0. The van der Waals surface area contributed by atoms with Gasteiger partial charge < -0.3 is 10.6 Å². The molecule has 2 N–H and O–H groups in total. The van der Waals surface area contributed by atoms with Crippen molar-refractivity contribution >= 4 is 11.4 Å². The van der Waals surface area contributed by atoms with Crippen LogP contribution in [0.5, 0.6) is 0 Å². The monoisotopic (exact) mass is 238 g/mol. The molecule has 4 heteroatoms. The summed E-state index contributed by atoms with van der Waals surface area (Å²) in [4.78, 5) is 1.92. The first kappa shape index (κ1) is 10.8. The van der Waals surface area contributed by atoms with E-state index in [-0.39, 0.29) is 5.69 Å². The SMILES string of the molecule is Nc1ccc(F)c(F)c1N1CC2CCCC2C1. The molecule has 1 aromatic carbocycles. The van der Waals surface area contributed by atoms with Gasteiger partial charge in [-0.25, -0.2) is 8.78 Å². The van der Waals surface area contributed by atoms with Crippen LogP contribution in [0.25, 0.3) is 0 Å². The van der Waals surface area contributed by atoms with E-state index in [0.29, 0.717) is 17.5 Å². The van der Waals surface area contributed by atoms with Gasteiger partial charge in [-0.1, -0.05) is 6.42 Å². The van der Waals surface area contributed by atoms with E-state index in [2.05, 4.69) is 0 Å². The maximum Gasteiger partial charge on any atom is 0.184 e. The quantitative estimate of drug-likeness (QED) is 0.762. The molecule has 0 bridgehead atoms. The van der Waals surface area contributed by atoms with Gasteiger partial charge in [-0.2, -0.15) is 0 Å². The standard InChI is InChI=1S/C13H16F2N2/c14-10-4-5-11(16)13(12(10)15)17-6-8-2-1-3-9(8)7-17/h4-5,8-9H,1-3,6-7,16H2. The molecule has 2 nitrogen and oxygen atoms in total. The molecule has 0 radical (unpaired) electrons. The summed E-state index contributed by atoms with van der Waals surface area (Å²) < 4.78 is 27.0. The fourth-order valence-electron chi connectivity index (χ4n) is 3.29. The van der Waals surface area contributed by atoms with Crippen LogP contribution in [0.2, 0.25) is 0 Å². The lowest BCUT2D eigenvalue weighted by atomic mass is 10.0. The third kappa shape index (κ3) is 1.66. The first-order valence-electron chi connectivity index (χ1n) is 6.15. The lowest BCUT2D eigenvalue weighted by Gasteiger charge is -2.22. The molecule has 0 spiro atoms. The Morgan fingerprint density at radius 3 is 2.41 bits per heavy atom. The van der Waals surface area contributed by atoms with Crippen LogP contribution in [0.15, 0.2) is 12.1 Å². The molecule has 2 aliphatic rings. The predicted molar refractivity (Wildman–Crippen MR) is 63.8 cm³/mol. The molecule has 3 rings (SSSR count). The number of nitrogens with zero attached hydrogens (tertiary/aromatic N) is 1. The minimum absolute atomic E-state index is 0.263. The van der Waals surface area contributed by atoms with Crippen molar-refractivity contribution in [2.45, 2.75) is 19.3 Å². The first-order chi connectivity index (χ1) is 8.16. The molecule has 1 aliphatic carbocycles. The van der Waals surface area contributed by atoms with Gasteiger partial charge in [0.25, 0.3) is 0 Å². The van der Waals surface area contributed by atoms with E-state index in [9.17, 15) is 8.78 Å². The number of halogens is 2. The molecule has 1 saturated carbocycles. The van der Waals surface area contributed by atoms with Gasteiger partial charge in [0.2, 0.25) is 0 Å². The van der Waals surface area contributed by atoms with Crippen molar-refractivity contribution in [2.75, 3.05) is 23.7 Å². The highest BCUT2D eigenvalue weighted by Crippen LogP contribution is 2.41. The van der Waals surface area contributed by atoms with Gasteiger partial charge in [0.1, 0.15) is 0 Å². The summed E-state index contributed by atoms with van der Waals surface area (Å²) in [7, 11) is 0. The second kappa shape index (κ2) is 3.86. The minimum Gasteiger partial charge on any atom is -0.397 e. The molecule has 2 fully saturated rings. The third-order valence-electron chi connectivity index (χ3n) is 4.14. The zero-order chi connectivity index (χ0) is 12.0. The van der Waals surface area contributed by atoms with Crippen LogP contribution in [0.1, 0.15) is 19.3 Å². The van der Waals surface area contributed by atoms with Gasteiger partial charge in [-0.05, 0) is 36.8 Å². The summed E-state index contributed by atoms with van der Waals surface area (Å²) in [6.07, 6.45) is 3.68. The molecule has 17 heavy (non-hydrogen) atoms. The van der Waals surface area contributed by atoms with Crippen molar-refractivity contribution in [2.24, 2.45) is 11.8 Å². The molecule has 92 valence electrons.